The first kappa shape index (κ1) is 7.61. The summed E-state index contributed by atoms with van der Waals surface area (Å²) in [6.07, 6.45) is 1.00. The molecular formula is C8H13N4. The van der Waals surface area contributed by atoms with E-state index >= 15 is 0 Å². The Balaban J connectivity index is 2.14. The van der Waals surface area contributed by atoms with Crippen LogP contribution in [-0.2, 0) is 0 Å². The predicted molar refractivity (Wildman–Crippen MR) is 47.5 cm³/mol. The number of piperidine rings is 1. The summed E-state index contributed by atoms with van der Waals surface area (Å²) < 4.78 is 0. The maximum Gasteiger partial charge on any atom is 0.151 e. The third kappa shape index (κ3) is 1.08. The molecule has 4 nitrogen and oxygen atoms in total. The molecule has 4 heteroatoms. The molecular weight excluding hydrogens is 152 g/mol. The van der Waals surface area contributed by atoms with Crippen molar-refractivity contribution in [2.24, 2.45) is 10.8 Å². The van der Waals surface area contributed by atoms with Crippen LogP contribution in [-0.4, -0.2) is 30.2 Å². The van der Waals surface area contributed by atoms with Crippen molar-refractivity contribution < 1.29 is 0 Å². The molecule has 0 saturated carbocycles. The molecule has 0 bridgehead atoms. The van der Waals surface area contributed by atoms with Gasteiger partial charge in [0.1, 0.15) is 0 Å². The van der Waals surface area contributed by atoms with E-state index in [2.05, 4.69) is 22.4 Å². The Morgan fingerprint density at radius 1 is 1.58 bits per heavy atom. The molecule has 0 unspecified atom stereocenters. The first-order chi connectivity index (χ1) is 5.81. The third-order valence-electron chi connectivity index (χ3n) is 2.43. The van der Waals surface area contributed by atoms with Crippen LogP contribution in [0.2, 0.25) is 0 Å². The van der Waals surface area contributed by atoms with Crippen molar-refractivity contribution in [2.45, 2.75) is 13.3 Å². The molecule has 1 saturated heterocycles. The van der Waals surface area contributed by atoms with Crippen LogP contribution < -0.4 is 11.2 Å². The fraction of sp³-hybridized carbons (Fsp3) is 0.625. The van der Waals surface area contributed by atoms with E-state index in [0.717, 1.165) is 31.8 Å². The van der Waals surface area contributed by atoms with Crippen molar-refractivity contribution in [3.63, 3.8) is 0 Å². The normalized spacial score (nSPS) is 23.6. The average molecular weight is 165 g/mol. The number of hydrogen-bond donors (Lipinski definition) is 1. The van der Waals surface area contributed by atoms with E-state index in [1.807, 2.05) is 0 Å². The third-order valence-corrected chi connectivity index (χ3v) is 2.43. The van der Waals surface area contributed by atoms with Gasteiger partial charge in [-0.15, -0.1) is 5.43 Å². The van der Waals surface area contributed by atoms with Gasteiger partial charge >= 0.3 is 0 Å². The van der Waals surface area contributed by atoms with E-state index in [-0.39, 0.29) is 0 Å². The second-order valence-corrected chi connectivity index (χ2v) is 3.13. The predicted octanol–water partition coefficient (Wildman–Crippen LogP) is -0.144. The van der Waals surface area contributed by atoms with Crippen molar-refractivity contribution in [3.05, 3.63) is 11.4 Å². The van der Waals surface area contributed by atoms with Crippen molar-refractivity contribution in [1.29, 1.82) is 0 Å². The Morgan fingerprint density at radius 2 is 2.42 bits per heavy atom. The minimum atomic E-state index is 0.626. The fourth-order valence-electron chi connectivity index (χ4n) is 1.61. The van der Waals surface area contributed by atoms with Gasteiger partial charge in [-0.2, -0.15) is 5.10 Å². The Kier molecular flexibility index (Phi) is 1.77. The monoisotopic (exact) mass is 165 g/mol. The smallest absolute Gasteiger partial charge is 0.151 e. The van der Waals surface area contributed by atoms with E-state index in [9.17, 15) is 0 Å². The lowest BCUT2D eigenvalue weighted by molar-refractivity contribution is 0.322. The molecule has 0 aromatic heterocycles. The van der Waals surface area contributed by atoms with Crippen LogP contribution in [0.3, 0.4) is 0 Å². The number of rotatable bonds is 1. The summed E-state index contributed by atoms with van der Waals surface area (Å²) >= 11 is 0. The van der Waals surface area contributed by atoms with E-state index in [1.165, 1.54) is 5.57 Å². The molecule has 2 aliphatic rings. The van der Waals surface area contributed by atoms with Crippen LogP contribution >= 0.6 is 0 Å². The highest BCUT2D eigenvalue weighted by atomic mass is 15.4. The van der Waals surface area contributed by atoms with E-state index in [1.54, 1.807) is 0 Å². The van der Waals surface area contributed by atoms with Gasteiger partial charge < -0.3 is 5.73 Å². The van der Waals surface area contributed by atoms with E-state index in [4.69, 9.17) is 5.73 Å². The summed E-state index contributed by atoms with van der Waals surface area (Å²) in [6, 6.07) is 0. The molecule has 1 fully saturated rings. The summed E-state index contributed by atoms with van der Waals surface area (Å²) in [4.78, 5) is 2.34. The summed E-state index contributed by atoms with van der Waals surface area (Å²) in [7, 11) is 0. The molecule has 1 radical (unpaired) electrons. The summed E-state index contributed by atoms with van der Waals surface area (Å²) in [5.74, 6) is 0.626. The van der Waals surface area contributed by atoms with E-state index < -0.39 is 0 Å². The number of nitrogens with zero attached hydrogens (tertiary/aromatic N) is 3. The Morgan fingerprint density at radius 3 is 3.17 bits per heavy atom. The Bertz CT molecular complexity index is 254. The van der Waals surface area contributed by atoms with Gasteiger partial charge in [-0.3, -0.25) is 4.90 Å². The fourth-order valence-corrected chi connectivity index (χ4v) is 1.61. The molecule has 0 aliphatic carbocycles. The van der Waals surface area contributed by atoms with E-state index in [0.29, 0.717) is 5.82 Å². The Labute approximate surface area is 72.1 Å². The van der Waals surface area contributed by atoms with Gasteiger partial charge in [0.25, 0.3) is 0 Å². The van der Waals surface area contributed by atoms with Gasteiger partial charge in [0.2, 0.25) is 0 Å². The minimum absolute atomic E-state index is 0.626. The van der Waals surface area contributed by atoms with Crippen molar-refractivity contribution in [2.75, 3.05) is 19.6 Å². The van der Waals surface area contributed by atoms with Crippen LogP contribution in [0.4, 0.5) is 0 Å². The molecule has 2 rings (SSSR count). The van der Waals surface area contributed by atoms with Gasteiger partial charge in [-0.1, -0.05) is 6.92 Å². The number of nitrogens with two attached hydrogens (primary N) is 1. The first-order valence-electron chi connectivity index (χ1n) is 4.30. The molecule has 2 heterocycles. The standard InChI is InChI=1S/C8H13N4/c1-2-12-4-3-6-7(5-12)10-11-8(6)9/h2-5,9H2,1H3. The minimum Gasteiger partial charge on any atom is -0.382 e. The summed E-state index contributed by atoms with van der Waals surface area (Å²) in [5, 5.41) is 4.04. The van der Waals surface area contributed by atoms with Gasteiger partial charge in [0.15, 0.2) is 5.82 Å². The highest BCUT2D eigenvalue weighted by molar-refractivity contribution is 6.04. The summed E-state index contributed by atoms with van der Waals surface area (Å²) in [5.41, 5.74) is 11.8. The highest BCUT2D eigenvalue weighted by Crippen LogP contribution is 2.19. The topological polar surface area (TPSA) is 55.7 Å². The quantitative estimate of drug-likeness (QED) is 0.587. The number of fused-ring (bicyclic) bond motifs is 1. The van der Waals surface area contributed by atoms with Crippen LogP contribution in [0.1, 0.15) is 13.3 Å². The van der Waals surface area contributed by atoms with Crippen molar-refractivity contribution in [3.8, 4) is 0 Å². The molecule has 2 aliphatic heterocycles. The second-order valence-electron chi connectivity index (χ2n) is 3.13. The molecule has 0 spiro atoms. The van der Waals surface area contributed by atoms with Crippen molar-refractivity contribution in [1.82, 2.24) is 10.3 Å². The molecule has 0 amide bonds. The van der Waals surface area contributed by atoms with Gasteiger partial charge in [-0.05, 0) is 13.0 Å². The molecule has 0 atom stereocenters. The highest BCUT2D eigenvalue weighted by Gasteiger charge is 2.25. The lowest BCUT2D eigenvalue weighted by Gasteiger charge is -2.25. The van der Waals surface area contributed by atoms with Crippen LogP contribution in [0.15, 0.2) is 16.5 Å². The van der Waals surface area contributed by atoms with Crippen molar-refractivity contribution >= 4 is 5.71 Å². The maximum atomic E-state index is 5.66. The lowest BCUT2D eigenvalue weighted by Crippen LogP contribution is -2.36. The molecule has 65 valence electrons. The number of likely N-dealkylation sites (tertiary alicyclic amines) is 1. The van der Waals surface area contributed by atoms with Gasteiger partial charge in [0.05, 0.1) is 5.71 Å². The maximum absolute atomic E-state index is 5.66. The van der Waals surface area contributed by atoms with Crippen LogP contribution in [0.5, 0.6) is 0 Å². The zero-order chi connectivity index (χ0) is 8.55. The van der Waals surface area contributed by atoms with Crippen LogP contribution in [0.25, 0.3) is 0 Å². The lowest BCUT2D eigenvalue weighted by atomic mass is 10.0. The summed E-state index contributed by atoms with van der Waals surface area (Å²) in [6.45, 7) is 5.23. The average Bonchev–Trinajstić information content (AvgIpc) is 2.47. The molecule has 12 heavy (non-hydrogen) atoms. The zero-order valence-electron chi connectivity index (χ0n) is 7.25. The SMILES string of the molecule is CCN1CCC2=C(N)[N]N=C2C1. The van der Waals surface area contributed by atoms with Gasteiger partial charge in [0, 0.05) is 18.7 Å². The number of hydrogen-bond acceptors (Lipinski definition) is 3. The molecule has 0 aromatic rings. The first-order valence-corrected chi connectivity index (χ1v) is 4.30. The van der Waals surface area contributed by atoms with Crippen LogP contribution in [0, 0.1) is 0 Å². The molecule has 0 aromatic carbocycles. The van der Waals surface area contributed by atoms with Gasteiger partial charge in [-0.25, -0.2) is 0 Å². The molecule has 2 N–H and O–H groups in total. The Hall–Kier alpha value is -1.03. The zero-order valence-corrected chi connectivity index (χ0v) is 7.25. The largest absolute Gasteiger partial charge is 0.382 e. The second kappa shape index (κ2) is 2.79.